The van der Waals surface area contributed by atoms with Gasteiger partial charge >= 0.3 is 0 Å². The van der Waals surface area contributed by atoms with Crippen molar-refractivity contribution >= 4 is 49.6 Å². The van der Waals surface area contributed by atoms with E-state index in [4.69, 9.17) is 5.73 Å². The highest BCUT2D eigenvalue weighted by atomic mass is 32.1. The van der Waals surface area contributed by atoms with E-state index >= 15 is 0 Å². The molecule has 1 amide bonds. The van der Waals surface area contributed by atoms with Gasteiger partial charge in [0.05, 0.1) is 29.2 Å². The van der Waals surface area contributed by atoms with Gasteiger partial charge in [0.25, 0.3) is 5.91 Å². The van der Waals surface area contributed by atoms with Crippen molar-refractivity contribution < 1.29 is 4.79 Å². The Morgan fingerprint density at radius 1 is 1.07 bits per heavy atom. The molecule has 0 radical (unpaired) electrons. The number of nitrogen functional groups attached to an aromatic ring is 1. The maximum absolute atomic E-state index is 12.7. The molecular weight excluding hydrogens is 370 g/mol. The van der Waals surface area contributed by atoms with Gasteiger partial charge in [-0.2, -0.15) is 5.10 Å². The summed E-state index contributed by atoms with van der Waals surface area (Å²) in [5.74, 6) is -0.273. The molecule has 0 aliphatic heterocycles. The summed E-state index contributed by atoms with van der Waals surface area (Å²) in [7, 11) is 0. The van der Waals surface area contributed by atoms with Gasteiger partial charge < -0.3 is 11.1 Å². The third-order valence-electron chi connectivity index (χ3n) is 4.59. The van der Waals surface area contributed by atoms with Crippen molar-refractivity contribution in [3.05, 3.63) is 72.7 Å². The number of aromatic amines is 1. The normalized spacial score (nSPS) is 11.1. The lowest BCUT2D eigenvalue weighted by molar-refractivity contribution is 0.102. The van der Waals surface area contributed by atoms with Crippen LogP contribution in [0.5, 0.6) is 0 Å². The minimum atomic E-state index is -0.273. The molecular formula is C21H15N5OS. The number of nitrogens with zero attached hydrogens (tertiary/aromatic N) is 2. The number of aromatic nitrogens is 3. The highest BCUT2D eigenvalue weighted by molar-refractivity contribution is 7.22. The van der Waals surface area contributed by atoms with Gasteiger partial charge in [-0.05, 0) is 35.7 Å². The van der Waals surface area contributed by atoms with E-state index in [9.17, 15) is 4.79 Å². The Kier molecular flexibility index (Phi) is 3.80. The van der Waals surface area contributed by atoms with Crippen molar-refractivity contribution in [2.24, 2.45) is 0 Å². The summed E-state index contributed by atoms with van der Waals surface area (Å²) < 4.78 is 1.21. The average molecular weight is 385 g/mol. The predicted molar refractivity (Wildman–Crippen MR) is 114 cm³/mol. The Bertz CT molecular complexity index is 1300. The fourth-order valence-corrected chi connectivity index (χ4v) is 4.34. The van der Waals surface area contributed by atoms with Gasteiger partial charge in [-0.1, -0.05) is 18.2 Å². The molecule has 0 fully saturated rings. The second kappa shape index (κ2) is 6.47. The third kappa shape index (κ3) is 2.78. The maximum atomic E-state index is 12.7. The Labute approximate surface area is 164 Å². The molecule has 5 rings (SSSR count). The van der Waals surface area contributed by atoms with Crippen LogP contribution in [0.15, 0.2) is 67.1 Å². The number of H-pyrrole nitrogens is 1. The van der Waals surface area contributed by atoms with Gasteiger partial charge in [-0.25, -0.2) is 0 Å². The number of thiophene rings is 1. The molecule has 6 nitrogen and oxygen atoms in total. The molecule has 0 aliphatic rings. The van der Waals surface area contributed by atoms with E-state index in [1.807, 2.05) is 24.3 Å². The number of nitrogens with two attached hydrogens (primary N) is 1. The third-order valence-corrected chi connectivity index (χ3v) is 5.74. The molecule has 0 spiro atoms. The molecule has 0 aliphatic carbocycles. The summed E-state index contributed by atoms with van der Waals surface area (Å²) in [5.41, 5.74) is 9.23. The van der Waals surface area contributed by atoms with Crippen LogP contribution in [0.25, 0.3) is 31.4 Å². The first-order valence-electron chi connectivity index (χ1n) is 8.66. The first-order valence-corrected chi connectivity index (χ1v) is 9.47. The molecule has 136 valence electrons. The number of benzene rings is 2. The lowest BCUT2D eigenvalue weighted by Crippen LogP contribution is -2.14. The number of amides is 1. The largest absolute Gasteiger partial charge is 0.397 e. The first-order chi connectivity index (χ1) is 13.7. The van der Waals surface area contributed by atoms with Crippen molar-refractivity contribution in [2.75, 3.05) is 11.1 Å². The van der Waals surface area contributed by atoms with Crippen LogP contribution in [0, 0.1) is 0 Å². The number of hydrogen-bond acceptors (Lipinski definition) is 5. The molecule has 4 N–H and O–H groups in total. The van der Waals surface area contributed by atoms with Crippen molar-refractivity contribution in [2.45, 2.75) is 0 Å². The van der Waals surface area contributed by atoms with Gasteiger partial charge in [0.15, 0.2) is 0 Å². The summed E-state index contributed by atoms with van der Waals surface area (Å²) in [6, 6.07) is 15.9. The number of hydrogen-bond donors (Lipinski definition) is 3. The Morgan fingerprint density at radius 3 is 2.82 bits per heavy atom. The van der Waals surface area contributed by atoms with Crippen molar-refractivity contribution in [3.8, 4) is 10.4 Å². The van der Waals surface area contributed by atoms with Crippen LogP contribution < -0.4 is 11.1 Å². The number of nitrogens with one attached hydrogen (secondary N) is 2. The van der Waals surface area contributed by atoms with Gasteiger partial charge in [0.1, 0.15) is 0 Å². The zero-order valence-electron chi connectivity index (χ0n) is 14.6. The van der Waals surface area contributed by atoms with Crippen molar-refractivity contribution in [1.29, 1.82) is 0 Å². The second-order valence-corrected chi connectivity index (χ2v) is 7.51. The lowest BCUT2D eigenvalue weighted by Gasteiger charge is -2.09. The maximum Gasteiger partial charge on any atom is 0.257 e. The van der Waals surface area contributed by atoms with E-state index in [1.54, 1.807) is 29.8 Å². The topological polar surface area (TPSA) is 96.7 Å². The quantitative estimate of drug-likeness (QED) is 0.420. The molecule has 0 saturated carbocycles. The van der Waals surface area contributed by atoms with Crippen LogP contribution in [0.2, 0.25) is 0 Å². The second-order valence-electron chi connectivity index (χ2n) is 6.42. The monoisotopic (exact) mass is 385 g/mol. The minimum absolute atomic E-state index is 0.273. The van der Waals surface area contributed by atoms with Crippen molar-refractivity contribution in [1.82, 2.24) is 15.2 Å². The number of anilines is 2. The lowest BCUT2D eigenvalue weighted by atomic mass is 10.1. The number of fused-ring (bicyclic) bond motifs is 2. The highest BCUT2D eigenvalue weighted by Crippen LogP contribution is 2.38. The Hall–Kier alpha value is -3.71. The van der Waals surface area contributed by atoms with E-state index < -0.39 is 0 Å². The van der Waals surface area contributed by atoms with Crippen LogP contribution in [0.1, 0.15) is 10.4 Å². The summed E-state index contributed by atoms with van der Waals surface area (Å²) >= 11 is 1.71. The number of carbonyl (C=O) groups excluding carboxylic acids is 1. The highest BCUT2D eigenvalue weighted by Gasteiger charge is 2.14. The fraction of sp³-hybridized carbons (Fsp3) is 0. The van der Waals surface area contributed by atoms with E-state index in [1.165, 1.54) is 16.3 Å². The molecule has 0 atom stereocenters. The molecule has 3 heterocycles. The zero-order valence-corrected chi connectivity index (χ0v) is 15.5. The average Bonchev–Trinajstić information content (AvgIpc) is 3.34. The summed E-state index contributed by atoms with van der Waals surface area (Å²) in [5, 5.41) is 12.3. The van der Waals surface area contributed by atoms with Crippen LogP contribution >= 0.6 is 11.3 Å². The molecule has 7 heteroatoms. The van der Waals surface area contributed by atoms with Crippen molar-refractivity contribution in [3.63, 3.8) is 0 Å². The first kappa shape index (κ1) is 16.5. The smallest absolute Gasteiger partial charge is 0.257 e. The van der Waals surface area contributed by atoms with Gasteiger partial charge in [0, 0.05) is 32.4 Å². The van der Waals surface area contributed by atoms with E-state index in [-0.39, 0.29) is 5.91 Å². The molecule has 0 bridgehead atoms. The SMILES string of the molecule is Nc1cnccc1C(=O)Nc1cc(-c2cc3ccccc3s2)c2[nH]ncc2c1. The number of rotatable bonds is 3. The van der Waals surface area contributed by atoms with Crippen LogP contribution in [0.4, 0.5) is 11.4 Å². The summed E-state index contributed by atoms with van der Waals surface area (Å²) in [4.78, 5) is 17.7. The van der Waals surface area contributed by atoms with E-state index in [0.29, 0.717) is 16.9 Å². The molecule has 0 saturated heterocycles. The molecule has 28 heavy (non-hydrogen) atoms. The molecule has 3 aromatic heterocycles. The minimum Gasteiger partial charge on any atom is -0.397 e. The molecule has 2 aromatic carbocycles. The van der Waals surface area contributed by atoms with E-state index in [0.717, 1.165) is 21.3 Å². The Morgan fingerprint density at radius 2 is 1.96 bits per heavy atom. The van der Waals surface area contributed by atoms with Gasteiger partial charge in [0.2, 0.25) is 0 Å². The van der Waals surface area contributed by atoms with Gasteiger partial charge in [-0.3, -0.25) is 14.9 Å². The van der Waals surface area contributed by atoms with Crippen LogP contribution in [-0.4, -0.2) is 21.1 Å². The number of carbonyl (C=O) groups is 1. The fourth-order valence-electron chi connectivity index (χ4n) is 3.25. The summed E-state index contributed by atoms with van der Waals surface area (Å²) in [6.45, 7) is 0. The molecule has 0 unspecified atom stereocenters. The molecule has 5 aromatic rings. The van der Waals surface area contributed by atoms with Crippen LogP contribution in [0.3, 0.4) is 0 Å². The van der Waals surface area contributed by atoms with Gasteiger partial charge in [-0.15, -0.1) is 11.3 Å². The summed E-state index contributed by atoms with van der Waals surface area (Å²) in [6.07, 6.45) is 4.77. The Balaban J connectivity index is 1.60. The van der Waals surface area contributed by atoms with E-state index in [2.05, 4.69) is 38.7 Å². The predicted octanol–water partition coefficient (Wildman–Crippen LogP) is 4.67. The standard InChI is InChI=1S/C21H15N5OS/c22-17-11-23-6-5-15(17)21(27)25-14-7-13-10-24-26-20(13)16(9-14)19-8-12-3-1-2-4-18(12)28-19/h1-11H,22H2,(H,24,26)(H,25,27). The number of pyridine rings is 1. The zero-order chi connectivity index (χ0) is 19.1. The van der Waals surface area contributed by atoms with Crippen LogP contribution in [-0.2, 0) is 0 Å².